The maximum atomic E-state index is 6.15. The molecule has 0 bridgehead atoms. The Morgan fingerprint density at radius 2 is 1.08 bits per heavy atom. The topological polar surface area (TPSA) is 61.7 Å². The molecule has 6 nitrogen and oxygen atoms in total. The molecule has 6 heteroatoms. The first-order valence-electron chi connectivity index (χ1n) is 12.9. The van der Waals surface area contributed by atoms with Gasteiger partial charge in [-0.15, -0.1) is 0 Å². The molecule has 39 heavy (non-hydrogen) atoms. The first kappa shape index (κ1) is 20.6. The summed E-state index contributed by atoms with van der Waals surface area (Å²) in [6.07, 6.45) is 3.10. The third-order valence-electron chi connectivity index (χ3n) is 7.77. The largest absolute Gasteiger partial charge is 0.456 e. The van der Waals surface area contributed by atoms with Crippen LogP contribution in [-0.4, -0.2) is 24.1 Å². The van der Waals surface area contributed by atoms with E-state index in [0.29, 0.717) is 5.95 Å². The molecule has 0 fully saturated rings. The van der Waals surface area contributed by atoms with Gasteiger partial charge in [-0.2, -0.15) is 0 Å². The Bertz CT molecular complexity index is 2400. The van der Waals surface area contributed by atoms with Crippen molar-refractivity contribution in [3.8, 4) is 11.6 Å². The lowest BCUT2D eigenvalue weighted by Gasteiger charge is -2.11. The Morgan fingerprint density at radius 1 is 0.487 bits per heavy atom. The minimum Gasteiger partial charge on any atom is -0.456 e. The van der Waals surface area contributed by atoms with E-state index in [1.54, 1.807) is 12.7 Å². The fraction of sp³-hybridized carbons (Fsp3) is 0. The van der Waals surface area contributed by atoms with E-state index >= 15 is 0 Å². The van der Waals surface area contributed by atoms with Crippen LogP contribution < -0.4 is 0 Å². The van der Waals surface area contributed by atoms with Crippen LogP contribution in [0.5, 0.6) is 0 Å². The summed E-state index contributed by atoms with van der Waals surface area (Å²) in [5, 5.41) is 6.88. The zero-order valence-corrected chi connectivity index (χ0v) is 20.6. The number of aromatic nitrogens is 5. The highest BCUT2D eigenvalue weighted by atomic mass is 16.3. The van der Waals surface area contributed by atoms with Crippen molar-refractivity contribution in [2.75, 3.05) is 0 Å². The van der Waals surface area contributed by atoms with Crippen LogP contribution >= 0.6 is 0 Å². The first-order valence-corrected chi connectivity index (χ1v) is 12.9. The van der Waals surface area contributed by atoms with Crippen LogP contribution in [-0.2, 0) is 0 Å². The summed E-state index contributed by atoms with van der Waals surface area (Å²) in [6.45, 7) is 0. The average molecular weight is 502 g/mol. The standard InChI is InChI=1S/C33H19N5O/c1-4-10-27-21(7-1)24-14-15-25-22-8-2-5-11-28(22)38(33-35-18-34-19-36-33)32(25)31(24)37(27)20-13-16-30-26(17-20)23-9-3-6-12-29(23)39-30/h1-19H. The first-order chi connectivity index (χ1) is 19.4. The Balaban J connectivity index is 1.51. The van der Waals surface area contributed by atoms with Gasteiger partial charge in [0.2, 0.25) is 5.95 Å². The van der Waals surface area contributed by atoms with E-state index in [2.05, 4.69) is 115 Å². The molecule has 0 spiro atoms. The second-order valence-corrected chi connectivity index (χ2v) is 9.78. The van der Waals surface area contributed by atoms with Crippen molar-refractivity contribution in [1.29, 1.82) is 0 Å². The SMILES string of the molecule is c1ccc2c(c1)oc1ccc(-n3c4ccccc4c4ccc5c6ccccc6n(-c6ncncn6)c5c43)cc12. The number of rotatable bonds is 2. The summed E-state index contributed by atoms with van der Waals surface area (Å²) >= 11 is 0. The summed E-state index contributed by atoms with van der Waals surface area (Å²) in [4.78, 5) is 13.2. The maximum absolute atomic E-state index is 6.15. The number of furan rings is 1. The fourth-order valence-corrected chi connectivity index (χ4v) is 6.18. The highest BCUT2D eigenvalue weighted by molar-refractivity contribution is 6.23. The van der Waals surface area contributed by atoms with Gasteiger partial charge in [0.25, 0.3) is 0 Å². The Hall–Kier alpha value is -5.49. The fourth-order valence-electron chi connectivity index (χ4n) is 6.18. The van der Waals surface area contributed by atoms with Crippen LogP contribution in [0, 0.1) is 0 Å². The average Bonchev–Trinajstić information content (AvgIpc) is 3.65. The zero-order chi connectivity index (χ0) is 25.5. The van der Waals surface area contributed by atoms with Crippen LogP contribution in [0.4, 0.5) is 0 Å². The van der Waals surface area contributed by atoms with E-state index in [0.717, 1.165) is 60.5 Å². The van der Waals surface area contributed by atoms with Crippen LogP contribution in [0.15, 0.2) is 120 Å². The van der Waals surface area contributed by atoms with Crippen molar-refractivity contribution >= 4 is 65.6 Å². The number of hydrogen-bond acceptors (Lipinski definition) is 4. The molecular formula is C33H19N5O. The van der Waals surface area contributed by atoms with Gasteiger partial charge >= 0.3 is 0 Å². The third kappa shape index (κ3) is 2.72. The van der Waals surface area contributed by atoms with Crippen molar-refractivity contribution < 1.29 is 4.42 Å². The number of fused-ring (bicyclic) bond motifs is 10. The molecule has 0 saturated carbocycles. The normalized spacial score (nSPS) is 12.1. The molecule has 0 amide bonds. The molecule has 0 atom stereocenters. The Kier molecular flexibility index (Phi) is 3.96. The van der Waals surface area contributed by atoms with Crippen molar-refractivity contribution in [3.63, 3.8) is 0 Å². The number of benzene rings is 5. The molecule has 4 aromatic heterocycles. The lowest BCUT2D eigenvalue weighted by molar-refractivity contribution is 0.669. The Morgan fingerprint density at radius 3 is 1.82 bits per heavy atom. The molecule has 0 N–H and O–H groups in total. The molecule has 0 aliphatic rings. The highest BCUT2D eigenvalue weighted by Crippen LogP contribution is 2.41. The molecule has 9 rings (SSSR count). The molecule has 5 aromatic carbocycles. The molecule has 0 saturated heterocycles. The second-order valence-electron chi connectivity index (χ2n) is 9.78. The lowest BCUT2D eigenvalue weighted by Crippen LogP contribution is -2.02. The molecule has 0 aliphatic carbocycles. The zero-order valence-electron chi connectivity index (χ0n) is 20.6. The van der Waals surface area contributed by atoms with Gasteiger partial charge in [0.1, 0.15) is 23.8 Å². The van der Waals surface area contributed by atoms with Gasteiger partial charge in [-0.05, 0) is 36.4 Å². The van der Waals surface area contributed by atoms with E-state index in [1.165, 1.54) is 10.8 Å². The van der Waals surface area contributed by atoms with Crippen LogP contribution in [0.1, 0.15) is 0 Å². The highest BCUT2D eigenvalue weighted by Gasteiger charge is 2.22. The molecule has 9 aromatic rings. The summed E-state index contributed by atoms with van der Waals surface area (Å²) in [5.74, 6) is 0.594. The van der Waals surface area contributed by atoms with Crippen molar-refractivity contribution in [2.24, 2.45) is 0 Å². The number of nitrogens with zero attached hydrogens (tertiary/aromatic N) is 5. The van der Waals surface area contributed by atoms with Crippen molar-refractivity contribution in [2.45, 2.75) is 0 Å². The monoisotopic (exact) mass is 501 g/mol. The summed E-state index contributed by atoms with van der Waals surface area (Å²) in [5.41, 5.74) is 7.21. The maximum Gasteiger partial charge on any atom is 0.237 e. The molecule has 0 radical (unpaired) electrons. The minimum absolute atomic E-state index is 0.594. The quantitative estimate of drug-likeness (QED) is 0.241. The van der Waals surface area contributed by atoms with E-state index < -0.39 is 0 Å². The predicted octanol–water partition coefficient (Wildman–Crippen LogP) is 7.97. The van der Waals surface area contributed by atoms with Gasteiger partial charge in [0.05, 0.1) is 22.1 Å². The minimum atomic E-state index is 0.594. The summed E-state index contributed by atoms with van der Waals surface area (Å²) < 4.78 is 10.7. The van der Waals surface area contributed by atoms with Crippen molar-refractivity contribution in [1.82, 2.24) is 24.1 Å². The smallest absolute Gasteiger partial charge is 0.237 e. The second kappa shape index (κ2) is 7.52. The number of para-hydroxylation sites is 3. The lowest BCUT2D eigenvalue weighted by atomic mass is 10.1. The van der Waals surface area contributed by atoms with E-state index in [4.69, 9.17) is 4.42 Å². The van der Waals surface area contributed by atoms with Crippen LogP contribution in [0.2, 0.25) is 0 Å². The van der Waals surface area contributed by atoms with E-state index in [9.17, 15) is 0 Å². The van der Waals surface area contributed by atoms with Gasteiger partial charge in [-0.3, -0.25) is 4.57 Å². The molecule has 0 aliphatic heterocycles. The molecule has 0 unspecified atom stereocenters. The molecular weight excluding hydrogens is 482 g/mol. The van der Waals surface area contributed by atoms with Gasteiger partial charge in [0.15, 0.2) is 0 Å². The van der Waals surface area contributed by atoms with Crippen LogP contribution in [0.25, 0.3) is 77.2 Å². The van der Waals surface area contributed by atoms with Crippen molar-refractivity contribution in [3.05, 3.63) is 116 Å². The third-order valence-corrected chi connectivity index (χ3v) is 7.77. The summed E-state index contributed by atoms with van der Waals surface area (Å²) in [6, 6.07) is 36.1. The summed E-state index contributed by atoms with van der Waals surface area (Å²) in [7, 11) is 0. The van der Waals surface area contributed by atoms with Gasteiger partial charge < -0.3 is 8.98 Å². The van der Waals surface area contributed by atoms with E-state index in [-0.39, 0.29) is 0 Å². The Labute approximate surface area is 221 Å². The van der Waals surface area contributed by atoms with Gasteiger partial charge in [-0.1, -0.05) is 66.7 Å². The van der Waals surface area contributed by atoms with Crippen LogP contribution in [0.3, 0.4) is 0 Å². The van der Waals surface area contributed by atoms with Gasteiger partial charge in [-0.25, -0.2) is 15.0 Å². The molecule has 4 heterocycles. The molecule has 182 valence electrons. The van der Waals surface area contributed by atoms with E-state index in [1.807, 2.05) is 12.1 Å². The van der Waals surface area contributed by atoms with Gasteiger partial charge in [0, 0.05) is 38.0 Å². The number of hydrogen-bond donors (Lipinski definition) is 0. The predicted molar refractivity (Wildman–Crippen MR) is 156 cm³/mol.